The molecule has 0 spiro atoms. The fourth-order valence-corrected chi connectivity index (χ4v) is 3.02. The van der Waals surface area contributed by atoms with Crippen LogP contribution in [0.5, 0.6) is 0 Å². The van der Waals surface area contributed by atoms with Crippen molar-refractivity contribution < 1.29 is 14.5 Å². The number of amides is 1. The van der Waals surface area contributed by atoms with Gasteiger partial charge in [-0.25, -0.2) is 4.39 Å². The molecule has 2 rings (SSSR count). The van der Waals surface area contributed by atoms with Crippen LogP contribution in [-0.4, -0.2) is 12.5 Å². The Bertz CT molecular complexity index is 748. The van der Waals surface area contributed by atoms with Gasteiger partial charge < -0.3 is 10.6 Å². The SMILES string of the molecule is CC(C)c1ccc(NC(=O)C[NH2+][C@@H](C)c2cc(F)c(Cl)cc2Cl)cc1. The fourth-order valence-electron chi connectivity index (χ4n) is 2.46. The maximum atomic E-state index is 13.6. The number of hydrogen-bond acceptors (Lipinski definition) is 1. The number of rotatable bonds is 6. The van der Waals surface area contributed by atoms with Gasteiger partial charge in [-0.05, 0) is 42.7 Å². The van der Waals surface area contributed by atoms with Gasteiger partial charge in [-0.1, -0.05) is 49.2 Å². The molecule has 2 aromatic carbocycles. The second-order valence-corrected chi connectivity index (χ2v) is 7.16. The second kappa shape index (κ2) is 8.65. The largest absolute Gasteiger partial charge is 0.332 e. The maximum absolute atomic E-state index is 13.6. The molecule has 0 bridgehead atoms. The van der Waals surface area contributed by atoms with Gasteiger partial charge in [0, 0.05) is 11.3 Å². The standard InChI is InChI=1S/C19H21Cl2FN2O/c1-11(2)13-4-6-14(7-5-13)24-19(25)10-23-12(3)15-8-18(22)17(21)9-16(15)20/h4-9,11-12,23H,10H2,1-3H3,(H,24,25)/p+1/t12-/m0/s1. The highest BCUT2D eigenvalue weighted by Gasteiger charge is 2.17. The Hall–Kier alpha value is -1.62. The number of hydrogen-bond donors (Lipinski definition) is 2. The summed E-state index contributed by atoms with van der Waals surface area (Å²) in [6.07, 6.45) is 0. The summed E-state index contributed by atoms with van der Waals surface area (Å²) >= 11 is 11.8. The Morgan fingerprint density at radius 1 is 1.12 bits per heavy atom. The van der Waals surface area contributed by atoms with Gasteiger partial charge in [0.15, 0.2) is 6.54 Å². The van der Waals surface area contributed by atoms with Crippen LogP contribution in [0.25, 0.3) is 0 Å². The lowest BCUT2D eigenvalue weighted by Gasteiger charge is -2.13. The van der Waals surface area contributed by atoms with Gasteiger partial charge >= 0.3 is 0 Å². The number of nitrogens with two attached hydrogens (primary N) is 1. The van der Waals surface area contributed by atoms with E-state index in [1.807, 2.05) is 31.2 Å². The zero-order valence-electron chi connectivity index (χ0n) is 14.4. The minimum atomic E-state index is -0.518. The van der Waals surface area contributed by atoms with E-state index >= 15 is 0 Å². The van der Waals surface area contributed by atoms with Crippen molar-refractivity contribution in [3.63, 3.8) is 0 Å². The van der Waals surface area contributed by atoms with Crippen LogP contribution in [0.4, 0.5) is 10.1 Å². The van der Waals surface area contributed by atoms with Crippen molar-refractivity contribution in [1.82, 2.24) is 0 Å². The van der Waals surface area contributed by atoms with Crippen molar-refractivity contribution in [3.8, 4) is 0 Å². The lowest BCUT2D eigenvalue weighted by atomic mass is 10.0. The van der Waals surface area contributed by atoms with E-state index in [9.17, 15) is 9.18 Å². The van der Waals surface area contributed by atoms with Crippen molar-refractivity contribution in [2.45, 2.75) is 32.7 Å². The molecule has 0 aliphatic carbocycles. The van der Waals surface area contributed by atoms with Crippen LogP contribution >= 0.6 is 23.2 Å². The molecule has 0 aromatic heterocycles. The van der Waals surface area contributed by atoms with Crippen LogP contribution in [0.1, 0.15) is 43.9 Å². The van der Waals surface area contributed by atoms with Gasteiger partial charge in [0.25, 0.3) is 5.91 Å². The molecular formula is C19H22Cl2FN2O+. The normalized spacial score (nSPS) is 12.3. The Morgan fingerprint density at radius 2 is 1.76 bits per heavy atom. The lowest BCUT2D eigenvalue weighted by Crippen LogP contribution is -2.86. The summed E-state index contributed by atoms with van der Waals surface area (Å²) < 4.78 is 13.6. The molecule has 0 heterocycles. The highest BCUT2D eigenvalue weighted by atomic mass is 35.5. The first-order valence-electron chi connectivity index (χ1n) is 8.15. The summed E-state index contributed by atoms with van der Waals surface area (Å²) in [6, 6.07) is 10.3. The molecule has 25 heavy (non-hydrogen) atoms. The molecule has 0 unspecified atom stereocenters. The van der Waals surface area contributed by atoms with Gasteiger partial charge in [0.05, 0.1) is 10.0 Å². The maximum Gasteiger partial charge on any atom is 0.279 e. The number of carbonyl (C=O) groups is 1. The third kappa shape index (κ3) is 5.43. The smallest absolute Gasteiger partial charge is 0.279 e. The third-order valence-corrected chi connectivity index (χ3v) is 4.67. The number of anilines is 1. The third-order valence-electron chi connectivity index (χ3n) is 4.05. The Morgan fingerprint density at radius 3 is 2.36 bits per heavy atom. The van der Waals surface area contributed by atoms with Crippen LogP contribution in [0.2, 0.25) is 10.0 Å². The summed E-state index contributed by atoms with van der Waals surface area (Å²) in [5, 5.41) is 5.03. The van der Waals surface area contributed by atoms with Crippen molar-refractivity contribution in [2.24, 2.45) is 0 Å². The van der Waals surface area contributed by atoms with E-state index in [1.54, 1.807) is 5.32 Å². The van der Waals surface area contributed by atoms with Gasteiger partial charge in [0.2, 0.25) is 0 Å². The predicted molar refractivity (Wildman–Crippen MR) is 101 cm³/mol. The van der Waals surface area contributed by atoms with E-state index < -0.39 is 5.82 Å². The van der Waals surface area contributed by atoms with Gasteiger partial charge in [-0.2, -0.15) is 0 Å². The van der Waals surface area contributed by atoms with Crippen LogP contribution in [0.15, 0.2) is 36.4 Å². The number of halogens is 3. The molecule has 0 aliphatic heterocycles. The summed E-state index contributed by atoms with van der Waals surface area (Å²) in [4.78, 5) is 12.1. The van der Waals surface area contributed by atoms with Crippen LogP contribution in [-0.2, 0) is 4.79 Å². The second-order valence-electron chi connectivity index (χ2n) is 6.34. The minimum absolute atomic E-state index is 0.0106. The number of quaternary nitrogens is 1. The molecule has 0 radical (unpaired) electrons. The predicted octanol–water partition coefficient (Wildman–Crippen LogP) is 4.52. The highest BCUT2D eigenvalue weighted by molar-refractivity contribution is 6.35. The first-order chi connectivity index (χ1) is 11.8. The quantitative estimate of drug-likeness (QED) is 0.707. The highest BCUT2D eigenvalue weighted by Crippen LogP contribution is 2.27. The zero-order chi connectivity index (χ0) is 18.6. The molecule has 134 valence electrons. The summed E-state index contributed by atoms with van der Waals surface area (Å²) in [5.41, 5.74) is 2.58. The van der Waals surface area contributed by atoms with E-state index in [4.69, 9.17) is 23.2 Å². The van der Waals surface area contributed by atoms with Crippen LogP contribution in [0, 0.1) is 5.82 Å². The van der Waals surface area contributed by atoms with E-state index in [0.717, 1.165) is 5.69 Å². The monoisotopic (exact) mass is 383 g/mol. The van der Waals surface area contributed by atoms with E-state index in [2.05, 4.69) is 19.2 Å². The molecule has 2 aromatic rings. The fraction of sp³-hybridized carbons (Fsp3) is 0.316. The van der Waals surface area contributed by atoms with Gasteiger partial charge in [-0.3, -0.25) is 4.79 Å². The first-order valence-corrected chi connectivity index (χ1v) is 8.91. The topological polar surface area (TPSA) is 45.7 Å². The lowest BCUT2D eigenvalue weighted by molar-refractivity contribution is -0.682. The first kappa shape index (κ1) is 19.7. The molecule has 3 N–H and O–H groups in total. The Labute approximate surface area is 157 Å². The number of nitrogens with one attached hydrogen (secondary N) is 1. The zero-order valence-corrected chi connectivity index (χ0v) is 16.0. The molecule has 6 heteroatoms. The van der Waals surface area contributed by atoms with Crippen LogP contribution in [0.3, 0.4) is 0 Å². The van der Waals surface area contributed by atoms with Gasteiger partial charge in [-0.15, -0.1) is 0 Å². The molecule has 3 nitrogen and oxygen atoms in total. The summed E-state index contributed by atoms with van der Waals surface area (Å²) in [6.45, 7) is 6.30. The van der Waals surface area contributed by atoms with Crippen molar-refractivity contribution >= 4 is 34.8 Å². The van der Waals surface area contributed by atoms with Gasteiger partial charge in [0.1, 0.15) is 11.9 Å². The van der Waals surface area contributed by atoms with E-state index in [1.165, 1.54) is 17.7 Å². The molecule has 0 aliphatic rings. The van der Waals surface area contributed by atoms with E-state index in [-0.39, 0.29) is 23.5 Å². The molecule has 0 saturated carbocycles. The Balaban J connectivity index is 1.92. The van der Waals surface area contributed by atoms with Crippen LogP contribution < -0.4 is 10.6 Å². The molecule has 1 amide bonds. The molecule has 0 saturated heterocycles. The average Bonchev–Trinajstić information content (AvgIpc) is 2.56. The van der Waals surface area contributed by atoms with E-state index in [0.29, 0.717) is 16.5 Å². The summed E-state index contributed by atoms with van der Waals surface area (Å²) in [5.74, 6) is -0.200. The number of carbonyl (C=O) groups excluding carboxylic acids is 1. The molecule has 1 atom stereocenters. The Kier molecular flexibility index (Phi) is 6.82. The number of benzene rings is 2. The molecule has 0 fully saturated rings. The minimum Gasteiger partial charge on any atom is -0.332 e. The average molecular weight is 384 g/mol. The van der Waals surface area contributed by atoms with Crippen molar-refractivity contribution in [3.05, 3.63) is 63.4 Å². The van der Waals surface area contributed by atoms with Crippen molar-refractivity contribution in [2.75, 3.05) is 11.9 Å². The summed E-state index contributed by atoms with van der Waals surface area (Å²) in [7, 11) is 0. The molecular weight excluding hydrogens is 362 g/mol. The van der Waals surface area contributed by atoms with Crippen molar-refractivity contribution in [1.29, 1.82) is 0 Å².